The summed E-state index contributed by atoms with van der Waals surface area (Å²) in [7, 11) is 0. The van der Waals surface area contributed by atoms with Crippen LogP contribution in [-0.4, -0.2) is 27.3 Å². The summed E-state index contributed by atoms with van der Waals surface area (Å²) in [5, 5.41) is 33.1. The number of benzene rings is 3. The number of hydrogen-bond acceptors (Lipinski definition) is 5. The lowest BCUT2D eigenvalue weighted by Crippen LogP contribution is -2.33. The minimum absolute atomic E-state index is 0.0370. The summed E-state index contributed by atoms with van der Waals surface area (Å²) in [4.78, 5) is 25.4. The highest BCUT2D eigenvalue weighted by molar-refractivity contribution is 9.11. The Hall–Kier alpha value is -2.84. The summed E-state index contributed by atoms with van der Waals surface area (Å²) in [5.41, 5.74) is 2.41. The standard InChI is InChI=1S/C29H28Br2O6/c1-5-14-11-16(7-3)23(30)25(32)21(14)29(22-15(6-2)12-17(8-4)24(31)26(22)33)20-13-18(27(34)35)9-10-19(20)28(36)37-29/h9-13,32-33H,5-8H2,1-4H3,(H,34,35). The Kier molecular flexibility index (Phi) is 7.45. The molecule has 3 aromatic carbocycles. The second kappa shape index (κ2) is 10.1. The van der Waals surface area contributed by atoms with E-state index in [-0.39, 0.29) is 28.2 Å². The number of halogens is 2. The smallest absolute Gasteiger partial charge is 0.340 e. The average molecular weight is 632 g/mol. The lowest BCUT2D eigenvalue weighted by Gasteiger charge is -2.36. The predicted octanol–water partition coefficient (Wildman–Crippen LogP) is 7.03. The van der Waals surface area contributed by atoms with E-state index in [9.17, 15) is 24.9 Å². The van der Waals surface area contributed by atoms with Crippen molar-refractivity contribution in [2.75, 3.05) is 0 Å². The van der Waals surface area contributed by atoms with Gasteiger partial charge in [-0.3, -0.25) is 0 Å². The Balaban J connectivity index is 2.29. The fourth-order valence-electron chi connectivity index (χ4n) is 5.27. The van der Waals surface area contributed by atoms with E-state index >= 15 is 0 Å². The quantitative estimate of drug-likeness (QED) is 0.242. The van der Waals surface area contributed by atoms with Crippen LogP contribution in [0.4, 0.5) is 0 Å². The summed E-state index contributed by atoms with van der Waals surface area (Å²) in [6.07, 6.45) is 2.28. The maximum Gasteiger partial charge on any atom is 0.340 e. The van der Waals surface area contributed by atoms with Crippen molar-refractivity contribution < 1.29 is 29.6 Å². The molecule has 3 aromatic rings. The van der Waals surface area contributed by atoms with Crippen LogP contribution in [0.3, 0.4) is 0 Å². The largest absolute Gasteiger partial charge is 0.506 e. The van der Waals surface area contributed by atoms with Crippen molar-refractivity contribution >= 4 is 43.8 Å². The lowest BCUT2D eigenvalue weighted by atomic mass is 9.73. The molecule has 0 fully saturated rings. The van der Waals surface area contributed by atoms with E-state index in [1.165, 1.54) is 18.2 Å². The number of carbonyl (C=O) groups is 2. The third-order valence-electron chi connectivity index (χ3n) is 7.13. The van der Waals surface area contributed by atoms with Crippen molar-refractivity contribution in [3.8, 4) is 11.5 Å². The highest BCUT2D eigenvalue weighted by Crippen LogP contribution is 2.57. The zero-order valence-electron chi connectivity index (χ0n) is 21.0. The molecule has 0 amide bonds. The van der Waals surface area contributed by atoms with Gasteiger partial charge in [-0.05, 0) is 98.0 Å². The van der Waals surface area contributed by atoms with E-state index in [1.54, 1.807) is 0 Å². The molecule has 0 atom stereocenters. The Morgan fingerprint density at radius 3 is 1.68 bits per heavy atom. The third-order valence-corrected chi connectivity index (χ3v) is 8.90. The number of carboxylic acids is 1. The molecule has 0 unspecified atom stereocenters. The summed E-state index contributed by atoms with van der Waals surface area (Å²) in [6.45, 7) is 7.81. The molecular formula is C29H28Br2O6. The summed E-state index contributed by atoms with van der Waals surface area (Å²) in [6, 6.07) is 8.09. The van der Waals surface area contributed by atoms with Gasteiger partial charge in [0.2, 0.25) is 0 Å². The highest BCUT2D eigenvalue weighted by atomic mass is 79.9. The maximum atomic E-state index is 13.4. The number of esters is 1. The molecule has 0 saturated carbocycles. The van der Waals surface area contributed by atoms with Crippen LogP contribution >= 0.6 is 31.9 Å². The molecule has 1 aliphatic rings. The number of phenolic OH excluding ortho intramolecular Hbond substituents is 2. The van der Waals surface area contributed by atoms with Gasteiger partial charge in [-0.15, -0.1) is 0 Å². The van der Waals surface area contributed by atoms with Crippen molar-refractivity contribution in [3.63, 3.8) is 0 Å². The van der Waals surface area contributed by atoms with Gasteiger partial charge >= 0.3 is 11.9 Å². The summed E-state index contributed by atoms with van der Waals surface area (Å²) < 4.78 is 7.16. The van der Waals surface area contributed by atoms with E-state index in [2.05, 4.69) is 31.9 Å². The number of aromatic hydroxyl groups is 2. The molecule has 8 heteroatoms. The van der Waals surface area contributed by atoms with Crippen molar-refractivity contribution in [3.05, 3.63) is 89.3 Å². The number of aryl methyl sites for hydroxylation is 4. The van der Waals surface area contributed by atoms with E-state index in [4.69, 9.17) is 4.74 Å². The molecule has 0 spiro atoms. The Morgan fingerprint density at radius 1 is 0.811 bits per heavy atom. The zero-order chi connectivity index (χ0) is 27.2. The van der Waals surface area contributed by atoms with Crippen LogP contribution in [0, 0.1) is 0 Å². The minimum Gasteiger partial charge on any atom is -0.506 e. The molecule has 194 valence electrons. The molecular weight excluding hydrogens is 604 g/mol. The van der Waals surface area contributed by atoms with Crippen LogP contribution in [0.1, 0.15) is 87.4 Å². The monoisotopic (exact) mass is 630 g/mol. The number of ether oxygens (including phenoxy) is 1. The fraction of sp³-hybridized carbons (Fsp3) is 0.310. The zero-order valence-corrected chi connectivity index (χ0v) is 24.2. The first-order chi connectivity index (χ1) is 17.6. The van der Waals surface area contributed by atoms with Gasteiger partial charge in [-0.25, -0.2) is 9.59 Å². The van der Waals surface area contributed by atoms with Crippen molar-refractivity contribution in [2.45, 2.75) is 59.0 Å². The second-order valence-corrected chi connectivity index (χ2v) is 10.6. The summed E-state index contributed by atoms with van der Waals surface area (Å²) in [5.74, 6) is -2.06. The van der Waals surface area contributed by atoms with Gasteiger partial charge < -0.3 is 20.1 Å². The number of phenols is 2. The molecule has 0 aliphatic carbocycles. The molecule has 0 bridgehead atoms. The number of aromatic carboxylic acids is 1. The second-order valence-electron chi connectivity index (χ2n) is 9.02. The molecule has 0 saturated heterocycles. The topological polar surface area (TPSA) is 104 Å². The molecule has 1 aliphatic heterocycles. The van der Waals surface area contributed by atoms with Gasteiger partial charge in [0.1, 0.15) is 11.5 Å². The lowest BCUT2D eigenvalue weighted by molar-refractivity contribution is 0.0234. The molecule has 4 rings (SSSR count). The van der Waals surface area contributed by atoms with Gasteiger partial charge in [-0.1, -0.05) is 39.8 Å². The summed E-state index contributed by atoms with van der Waals surface area (Å²) >= 11 is 7.05. The third kappa shape index (κ3) is 4.05. The number of fused-ring (bicyclic) bond motifs is 1. The van der Waals surface area contributed by atoms with E-state index in [0.717, 1.165) is 22.3 Å². The van der Waals surface area contributed by atoms with Crippen molar-refractivity contribution in [1.29, 1.82) is 0 Å². The minimum atomic E-state index is -1.79. The first-order valence-corrected chi connectivity index (χ1v) is 13.8. The molecule has 1 heterocycles. The average Bonchev–Trinajstić information content (AvgIpc) is 3.18. The van der Waals surface area contributed by atoms with Crippen LogP contribution in [0.5, 0.6) is 11.5 Å². The molecule has 37 heavy (non-hydrogen) atoms. The number of carbonyl (C=O) groups excluding carboxylic acids is 1. The Labute approximate surface area is 232 Å². The number of rotatable bonds is 7. The van der Waals surface area contributed by atoms with Crippen LogP contribution < -0.4 is 0 Å². The number of carboxylic acid groups (broad SMARTS) is 1. The van der Waals surface area contributed by atoms with Crippen LogP contribution in [-0.2, 0) is 36.0 Å². The van der Waals surface area contributed by atoms with Gasteiger partial charge in [0.25, 0.3) is 0 Å². The van der Waals surface area contributed by atoms with Crippen molar-refractivity contribution in [1.82, 2.24) is 0 Å². The Morgan fingerprint density at radius 2 is 1.27 bits per heavy atom. The number of cyclic esters (lactones) is 1. The highest BCUT2D eigenvalue weighted by Gasteiger charge is 2.54. The molecule has 0 aromatic heterocycles. The maximum absolute atomic E-state index is 13.4. The van der Waals surface area contributed by atoms with Crippen LogP contribution in [0.15, 0.2) is 39.3 Å². The van der Waals surface area contributed by atoms with E-state index in [0.29, 0.717) is 45.8 Å². The van der Waals surface area contributed by atoms with E-state index in [1.807, 2.05) is 39.8 Å². The molecule has 6 nitrogen and oxygen atoms in total. The van der Waals surface area contributed by atoms with Gasteiger partial charge in [-0.2, -0.15) is 0 Å². The first kappa shape index (κ1) is 27.2. The van der Waals surface area contributed by atoms with Crippen LogP contribution in [0.2, 0.25) is 0 Å². The fourth-order valence-corrected chi connectivity index (χ4v) is 6.46. The molecule has 3 N–H and O–H groups in total. The SMILES string of the molecule is CCc1cc(CC)c(C2(c3c(CC)cc(CC)c(Br)c3O)OC(=O)c3ccc(C(=O)O)cc32)c(O)c1Br. The Bertz CT molecular complexity index is 1380. The predicted molar refractivity (Wildman–Crippen MR) is 148 cm³/mol. The van der Waals surface area contributed by atoms with Crippen molar-refractivity contribution in [2.24, 2.45) is 0 Å². The number of hydrogen-bond donors (Lipinski definition) is 3. The van der Waals surface area contributed by atoms with Crippen LogP contribution in [0.25, 0.3) is 0 Å². The van der Waals surface area contributed by atoms with E-state index < -0.39 is 17.5 Å². The normalized spacial score (nSPS) is 13.9. The van der Waals surface area contributed by atoms with Gasteiger partial charge in [0, 0.05) is 5.56 Å². The first-order valence-electron chi connectivity index (χ1n) is 12.3. The molecule has 0 radical (unpaired) electrons. The van der Waals surface area contributed by atoms with Gasteiger partial charge in [0.15, 0.2) is 5.60 Å². The van der Waals surface area contributed by atoms with Gasteiger partial charge in [0.05, 0.1) is 31.2 Å².